The van der Waals surface area contributed by atoms with E-state index in [0.29, 0.717) is 32.2 Å². The summed E-state index contributed by atoms with van der Waals surface area (Å²) in [5.41, 5.74) is 1.09. The molecule has 0 radical (unpaired) electrons. The zero-order valence-electron chi connectivity index (χ0n) is 16.0. The first kappa shape index (κ1) is 18.5. The molecule has 1 amide bonds. The number of amides is 1. The second-order valence-corrected chi connectivity index (χ2v) is 8.03. The number of carbonyl (C=O) groups is 3. The van der Waals surface area contributed by atoms with Crippen LogP contribution in [0.2, 0.25) is 0 Å². The van der Waals surface area contributed by atoms with Crippen molar-refractivity contribution in [3.05, 3.63) is 36.0 Å². The Morgan fingerprint density at radius 1 is 1.14 bits per heavy atom. The summed E-state index contributed by atoms with van der Waals surface area (Å²) < 4.78 is 10.1. The van der Waals surface area contributed by atoms with Crippen LogP contribution in [0.15, 0.2) is 30.5 Å². The largest absolute Gasteiger partial charge is 0.469 e. The summed E-state index contributed by atoms with van der Waals surface area (Å²) in [6.07, 6.45) is 3.14. The number of methoxy groups -OCH3 is 1. The average molecular weight is 384 g/mol. The van der Waals surface area contributed by atoms with E-state index in [-0.39, 0.29) is 11.9 Å². The Balaban J connectivity index is 1.23. The molecule has 3 fully saturated rings. The molecule has 148 valence electrons. The molecule has 7 heteroatoms. The van der Waals surface area contributed by atoms with Crippen molar-refractivity contribution in [3.63, 3.8) is 0 Å². The lowest BCUT2D eigenvalue weighted by Gasteiger charge is -2.66. The molecule has 28 heavy (non-hydrogen) atoms. The van der Waals surface area contributed by atoms with Crippen LogP contribution in [-0.2, 0) is 30.3 Å². The first-order valence-corrected chi connectivity index (χ1v) is 9.51. The Hall–Kier alpha value is -2.83. The van der Waals surface area contributed by atoms with Crippen LogP contribution in [0.5, 0.6) is 0 Å². The van der Waals surface area contributed by atoms with Gasteiger partial charge in [-0.1, -0.05) is 18.2 Å². The van der Waals surface area contributed by atoms with Crippen molar-refractivity contribution < 1.29 is 23.9 Å². The summed E-state index contributed by atoms with van der Waals surface area (Å²) in [6, 6.07) is 8.00. The molecule has 7 nitrogen and oxygen atoms in total. The van der Waals surface area contributed by atoms with Gasteiger partial charge in [-0.15, -0.1) is 0 Å². The van der Waals surface area contributed by atoms with Crippen LogP contribution < -0.4 is 5.32 Å². The number of esters is 2. The van der Waals surface area contributed by atoms with Crippen molar-refractivity contribution in [2.45, 2.75) is 38.7 Å². The van der Waals surface area contributed by atoms with E-state index in [2.05, 4.69) is 10.3 Å². The number of H-pyrrole nitrogens is 1. The van der Waals surface area contributed by atoms with Gasteiger partial charge in [-0.25, -0.2) is 0 Å². The van der Waals surface area contributed by atoms with Crippen molar-refractivity contribution >= 4 is 28.7 Å². The van der Waals surface area contributed by atoms with Gasteiger partial charge >= 0.3 is 11.9 Å². The summed E-state index contributed by atoms with van der Waals surface area (Å²) in [7, 11) is 1.36. The van der Waals surface area contributed by atoms with E-state index in [9.17, 15) is 14.4 Å². The lowest BCUT2D eigenvalue weighted by Crippen LogP contribution is -2.69. The Morgan fingerprint density at radius 3 is 2.54 bits per heavy atom. The standard InChI is InChI=1S/C21H24N2O5/c1-13(28-19(26)21-10-20(11-21,12-21)18(25)27-2)17(24)22-8-7-14-9-23-16-6-4-3-5-15(14)16/h3-6,9,13,23H,7-8,10-12H2,1-2H3,(H,22,24). The Labute approximate surface area is 162 Å². The lowest BCUT2D eigenvalue weighted by molar-refractivity contribution is -0.237. The molecule has 3 aliphatic rings. The number of fused-ring (bicyclic) bond motifs is 1. The molecule has 3 aliphatic carbocycles. The lowest BCUT2D eigenvalue weighted by atomic mass is 9.35. The van der Waals surface area contributed by atoms with Crippen molar-refractivity contribution in [2.24, 2.45) is 10.8 Å². The molecule has 1 aromatic heterocycles. The van der Waals surface area contributed by atoms with Crippen LogP contribution in [-0.4, -0.2) is 42.6 Å². The van der Waals surface area contributed by atoms with E-state index >= 15 is 0 Å². The van der Waals surface area contributed by atoms with Gasteiger partial charge in [0.1, 0.15) is 0 Å². The number of carbonyl (C=O) groups excluding carboxylic acids is 3. The Morgan fingerprint density at radius 2 is 1.82 bits per heavy atom. The molecule has 0 saturated heterocycles. The van der Waals surface area contributed by atoms with Crippen LogP contribution in [0.4, 0.5) is 0 Å². The number of aromatic nitrogens is 1. The minimum atomic E-state index is -0.862. The zero-order chi connectivity index (χ0) is 19.9. The highest BCUT2D eigenvalue weighted by atomic mass is 16.6. The molecule has 2 aromatic rings. The van der Waals surface area contributed by atoms with Gasteiger partial charge in [-0.2, -0.15) is 0 Å². The van der Waals surface area contributed by atoms with Gasteiger partial charge in [0.15, 0.2) is 6.10 Å². The number of benzene rings is 1. The molecular formula is C21H24N2O5. The van der Waals surface area contributed by atoms with Crippen LogP contribution in [0, 0.1) is 10.8 Å². The van der Waals surface area contributed by atoms with E-state index in [1.165, 1.54) is 7.11 Å². The third-order valence-electron chi connectivity index (χ3n) is 6.10. The van der Waals surface area contributed by atoms with Crippen LogP contribution in [0.3, 0.4) is 0 Å². The fraction of sp³-hybridized carbons (Fsp3) is 0.476. The number of aromatic amines is 1. The van der Waals surface area contributed by atoms with Crippen LogP contribution >= 0.6 is 0 Å². The summed E-state index contributed by atoms with van der Waals surface area (Å²) in [5.74, 6) is -0.967. The second kappa shape index (κ2) is 6.65. The smallest absolute Gasteiger partial charge is 0.312 e. The third-order valence-corrected chi connectivity index (χ3v) is 6.10. The van der Waals surface area contributed by atoms with Gasteiger partial charge in [0.25, 0.3) is 5.91 Å². The normalized spacial score (nSPS) is 25.9. The number of nitrogens with one attached hydrogen (secondary N) is 2. The van der Waals surface area contributed by atoms with E-state index < -0.39 is 22.9 Å². The van der Waals surface area contributed by atoms with E-state index in [1.54, 1.807) is 6.92 Å². The highest BCUT2D eigenvalue weighted by Gasteiger charge is 2.76. The first-order chi connectivity index (χ1) is 13.4. The van der Waals surface area contributed by atoms with Gasteiger partial charge in [0, 0.05) is 23.6 Å². The maximum atomic E-state index is 12.4. The topological polar surface area (TPSA) is 97.5 Å². The molecule has 1 aromatic carbocycles. The maximum Gasteiger partial charge on any atom is 0.312 e. The van der Waals surface area contributed by atoms with E-state index in [0.717, 1.165) is 16.5 Å². The number of para-hydroxylation sites is 1. The van der Waals surface area contributed by atoms with Crippen LogP contribution in [0.25, 0.3) is 10.9 Å². The summed E-state index contributed by atoms with van der Waals surface area (Å²) in [5, 5.41) is 3.96. The number of hydrogen-bond donors (Lipinski definition) is 2. The molecule has 5 rings (SSSR count). The molecule has 0 aliphatic heterocycles. The molecule has 1 atom stereocenters. The highest BCUT2D eigenvalue weighted by molar-refractivity contribution is 5.92. The monoisotopic (exact) mass is 384 g/mol. The molecule has 2 N–H and O–H groups in total. The fourth-order valence-electron chi connectivity index (χ4n) is 4.58. The van der Waals surface area contributed by atoms with Crippen molar-refractivity contribution in [1.29, 1.82) is 0 Å². The third kappa shape index (κ3) is 2.85. The van der Waals surface area contributed by atoms with Gasteiger partial charge in [-0.05, 0) is 44.2 Å². The van der Waals surface area contributed by atoms with Crippen molar-refractivity contribution in [1.82, 2.24) is 10.3 Å². The summed E-state index contributed by atoms with van der Waals surface area (Å²) in [4.78, 5) is 39.6. The highest BCUT2D eigenvalue weighted by Crippen LogP contribution is 2.74. The predicted molar refractivity (Wildman–Crippen MR) is 101 cm³/mol. The first-order valence-electron chi connectivity index (χ1n) is 9.51. The minimum absolute atomic E-state index is 0.259. The average Bonchev–Trinajstić information content (AvgIpc) is 3.02. The van der Waals surface area contributed by atoms with Gasteiger partial charge in [0.2, 0.25) is 0 Å². The minimum Gasteiger partial charge on any atom is -0.469 e. The van der Waals surface area contributed by atoms with E-state index in [1.807, 2.05) is 30.5 Å². The molecule has 1 heterocycles. The predicted octanol–water partition coefficient (Wildman–Crippen LogP) is 2.10. The number of ether oxygens (including phenoxy) is 2. The fourth-order valence-corrected chi connectivity index (χ4v) is 4.58. The molecule has 1 unspecified atom stereocenters. The molecule has 3 saturated carbocycles. The quantitative estimate of drug-likeness (QED) is 0.713. The van der Waals surface area contributed by atoms with Crippen LogP contribution in [0.1, 0.15) is 31.7 Å². The molecule has 2 bridgehead atoms. The molecule has 0 spiro atoms. The Kier molecular flexibility index (Phi) is 4.40. The number of rotatable bonds is 7. The SMILES string of the molecule is COC(=O)C12CC(C(=O)OC(C)C(=O)NCCc3c[nH]c4ccccc34)(C1)C2. The van der Waals surface area contributed by atoms with E-state index in [4.69, 9.17) is 9.47 Å². The van der Waals surface area contributed by atoms with Crippen molar-refractivity contribution in [2.75, 3.05) is 13.7 Å². The summed E-state index contributed by atoms with van der Waals surface area (Å²) in [6.45, 7) is 2.03. The molecular weight excluding hydrogens is 360 g/mol. The van der Waals surface area contributed by atoms with Gasteiger partial charge in [0.05, 0.1) is 17.9 Å². The summed E-state index contributed by atoms with van der Waals surface area (Å²) >= 11 is 0. The van der Waals surface area contributed by atoms with Gasteiger partial charge < -0.3 is 19.8 Å². The zero-order valence-corrected chi connectivity index (χ0v) is 16.0. The second-order valence-electron chi connectivity index (χ2n) is 8.03. The van der Waals surface area contributed by atoms with Gasteiger partial charge in [-0.3, -0.25) is 14.4 Å². The number of hydrogen-bond acceptors (Lipinski definition) is 5. The Bertz CT molecular complexity index is 927. The van der Waals surface area contributed by atoms with Crippen molar-refractivity contribution in [3.8, 4) is 0 Å². The maximum absolute atomic E-state index is 12.4.